The van der Waals surface area contributed by atoms with Crippen LogP contribution in [-0.4, -0.2) is 47.6 Å². The Morgan fingerprint density at radius 1 is 1.00 bits per heavy atom. The molecule has 1 aromatic carbocycles. The van der Waals surface area contributed by atoms with Crippen molar-refractivity contribution in [3.05, 3.63) is 41.1 Å². The summed E-state index contributed by atoms with van der Waals surface area (Å²) in [5.74, 6) is 1.69. The second kappa shape index (κ2) is 7.18. The van der Waals surface area contributed by atoms with Crippen molar-refractivity contribution in [2.75, 3.05) is 42.9 Å². The number of hydrogen-bond donors (Lipinski definition) is 1. The van der Waals surface area contributed by atoms with Crippen molar-refractivity contribution in [1.29, 1.82) is 0 Å². The summed E-state index contributed by atoms with van der Waals surface area (Å²) in [5, 5.41) is 3.38. The maximum Gasteiger partial charge on any atom is 0.229 e. The van der Waals surface area contributed by atoms with Gasteiger partial charge in [0.05, 0.1) is 0 Å². The topological polar surface area (TPSA) is 44.3 Å². The molecule has 0 spiro atoms. The average Bonchev–Trinajstić information content (AvgIpc) is 2.57. The Bertz CT molecular complexity index is 705. The Kier molecular flexibility index (Phi) is 5.00. The molecule has 1 aliphatic heterocycles. The van der Waals surface area contributed by atoms with Crippen LogP contribution in [0.4, 0.5) is 17.5 Å². The van der Waals surface area contributed by atoms with Gasteiger partial charge in [-0.15, -0.1) is 0 Å². The highest BCUT2D eigenvalue weighted by Gasteiger charge is 2.18. The number of rotatable bonds is 4. The van der Waals surface area contributed by atoms with E-state index < -0.39 is 0 Å². The van der Waals surface area contributed by atoms with Crippen LogP contribution < -0.4 is 10.2 Å². The van der Waals surface area contributed by atoms with Crippen molar-refractivity contribution >= 4 is 17.5 Å². The van der Waals surface area contributed by atoms with Crippen LogP contribution in [0, 0.1) is 20.8 Å². The molecule has 0 saturated carbocycles. The summed E-state index contributed by atoms with van der Waals surface area (Å²) in [6.45, 7) is 13.8. The smallest absolute Gasteiger partial charge is 0.229 e. The molecule has 1 saturated heterocycles. The fourth-order valence-corrected chi connectivity index (χ4v) is 3.14. The van der Waals surface area contributed by atoms with Crippen LogP contribution in [0.25, 0.3) is 0 Å². The monoisotopic (exact) mass is 325 g/mol. The molecule has 24 heavy (non-hydrogen) atoms. The van der Waals surface area contributed by atoms with Crippen molar-refractivity contribution in [1.82, 2.24) is 14.9 Å². The van der Waals surface area contributed by atoms with Gasteiger partial charge >= 0.3 is 0 Å². The number of likely N-dealkylation sites (N-methyl/N-ethyl adjacent to an activating group) is 1. The molecule has 128 valence electrons. The Balaban J connectivity index is 1.79. The van der Waals surface area contributed by atoms with E-state index in [0.717, 1.165) is 49.9 Å². The van der Waals surface area contributed by atoms with Crippen molar-refractivity contribution in [2.24, 2.45) is 0 Å². The summed E-state index contributed by atoms with van der Waals surface area (Å²) in [7, 11) is 0. The molecule has 0 aliphatic carbocycles. The molecule has 1 aromatic heterocycles. The van der Waals surface area contributed by atoms with Crippen molar-refractivity contribution in [3.8, 4) is 0 Å². The highest BCUT2D eigenvalue weighted by Crippen LogP contribution is 2.22. The van der Waals surface area contributed by atoms with Gasteiger partial charge in [-0.25, -0.2) is 4.98 Å². The van der Waals surface area contributed by atoms with Crippen LogP contribution in [0.1, 0.15) is 23.7 Å². The van der Waals surface area contributed by atoms with E-state index >= 15 is 0 Å². The molecule has 0 atom stereocenters. The van der Waals surface area contributed by atoms with Gasteiger partial charge in [0.1, 0.15) is 5.82 Å². The van der Waals surface area contributed by atoms with Gasteiger partial charge in [-0.1, -0.05) is 24.6 Å². The number of aryl methyl sites for hydroxylation is 3. The van der Waals surface area contributed by atoms with Crippen LogP contribution in [0.3, 0.4) is 0 Å². The van der Waals surface area contributed by atoms with Crippen LogP contribution in [-0.2, 0) is 0 Å². The van der Waals surface area contributed by atoms with E-state index in [1.807, 2.05) is 6.92 Å². The number of nitrogens with one attached hydrogen (secondary N) is 1. The van der Waals surface area contributed by atoms with Crippen LogP contribution >= 0.6 is 0 Å². The summed E-state index contributed by atoms with van der Waals surface area (Å²) >= 11 is 0. The zero-order valence-electron chi connectivity index (χ0n) is 15.1. The second-order valence-electron chi connectivity index (χ2n) is 6.56. The Morgan fingerprint density at radius 3 is 2.42 bits per heavy atom. The Hall–Kier alpha value is -2.14. The van der Waals surface area contributed by atoms with Gasteiger partial charge in [0.15, 0.2) is 0 Å². The molecule has 1 N–H and O–H groups in total. The molecule has 0 amide bonds. The normalized spacial score (nSPS) is 15.6. The zero-order valence-corrected chi connectivity index (χ0v) is 15.1. The second-order valence-corrected chi connectivity index (χ2v) is 6.56. The molecule has 0 bridgehead atoms. The lowest BCUT2D eigenvalue weighted by Crippen LogP contribution is -2.46. The first kappa shape index (κ1) is 16.7. The standard InChI is InChI=1S/C19H27N5/c1-5-23-8-10-24(11-9-23)18-13-16(4)20-19(22-18)21-17-7-6-14(2)12-15(17)3/h6-7,12-13H,5,8-11H2,1-4H3,(H,20,21,22). The van der Waals surface area contributed by atoms with Crippen LogP contribution in [0.2, 0.25) is 0 Å². The number of nitrogens with zero attached hydrogens (tertiary/aromatic N) is 4. The molecular formula is C19H27N5. The molecule has 2 heterocycles. The van der Waals surface area contributed by atoms with Gasteiger partial charge in [0, 0.05) is 43.6 Å². The van der Waals surface area contributed by atoms with Crippen molar-refractivity contribution < 1.29 is 0 Å². The van der Waals surface area contributed by atoms with Gasteiger partial charge in [0.2, 0.25) is 5.95 Å². The summed E-state index contributed by atoms with van der Waals surface area (Å²) < 4.78 is 0. The third-order valence-electron chi connectivity index (χ3n) is 4.61. The van der Waals surface area contributed by atoms with Gasteiger partial charge < -0.3 is 15.1 Å². The third kappa shape index (κ3) is 3.85. The Labute approximate surface area is 144 Å². The molecular weight excluding hydrogens is 298 g/mol. The van der Waals surface area contributed by atoms with E-state index in [4.69, 9.17) is 4.98 Å². The number of anilines is 3. The first-order valence-corrected chi connectivity index (χ1v) is 8.72. The first-order valence-electron chi connectivity index (χ1n) is 8.72. The van der Waals surface area contributed by atoms with Crippen molar-refractivity contribution in [3.63, 3.8) is 0 Å². The molecule has 5 nitrogen and oxygen atoms in total. The van der Waals surface area contributed by atoms with E-state index in [1.165, 1.54) is 11.1 Å². The lowest BCUT2D eigenvalue weighted by molar-refractivity contribution is 0.270. The largest absolute Gasteiger partial charge is 0.354 e. The summed E-state index contributed by atoms with van der Waals surface area (Å²) in [6, 6.07) is 8.45. The Morgan fingerprint density at radius 2 is 1.75 bits per heavy atom. The minimum atomic E-state index is 0.676. The third-order valence-corrected chi connectivity index (χ3v) is 4.61. The van der Waals surface area contributed by atoms with E-state index in [1.54, 1.807) is 0 Å². The lowest BCUT2D eigenvalue weighted by Gasteiger charge is -2.34. The van der Waals surface area contributed by atoms with E-state index in [2.05, 4.69) is 65.1 Å². The molecule has 2 aromatic rings. The maximum atomic E-state index is 4.75. The van der Waals surface area contributed by atoms with E-state index in [0.29, 0.717) is 5.95 Å². The number of hydrogen-bond acceptors (Lipinski definition) is 5. The fraction of sp³-hybridized carbons (Fsp3) is 0.474. The zero-order chi connectivity index (χ0) is 17.1. The number of benzene rings is 1. The van der Waals surface area contributed by atoms with Crippen molar-refractivity contribution in [2.45, 2.75) is 27.7 Å². The molecule has 1 aliphatic rings. The molecule has 1 fully saturated rings. The minimum absolute atomic E-state index is 0.676. The van der Waals surface area contributed by atoms with E-state index in [9.17, 15) is 0 Å². The minimum Gasteiger partial charge on any atom is -0.354 e. The first-order chi connectivity index (χ1) is 11.5. The van der Waals surface area contributed by atoms with Gasteiger partial charge in [-0.3, -0.25) is 0 Å². The number of aromatic nitrogens is 2. The van der Waals surface area contributed by atoms with E-state index in [-0.39, 0.29) is 0 Å². The highest BCUT2D eigenvalue weighted by atomic mass is 15.3. The lowest BCUT2D eigenvalue weighted by atomic mass is 10.1. The molecule has 0 unspecified atom stereocenters. The molecule has 0 radical (unpaired) electrons. The van der Waals surface area contributed by atoms with Gasteiger partial charge in [-0.2, -0.15) is 4.98 Å². The van der Waals surface area contributed by atoms with Gasteiger partial charge in [-0.05, 0) is 38.9 Å². The quantitative estimate of drug-likeness (QED) is 0.934. The van der Waals surface area contributed by atoms with Crippen LogP contribution in [0.15, 0.2) is 24.3 Å². The highest BCUT2D eigenvalue weighted by molar-refractivity contribution is 5.60. The molecule has 3 rings (SSSR count). The summed E-state index contributed by atoms with van der Waals surface area (Å²) in [4.78, 5) is 14.1. The maximum absolute atomic E-state index is 4.75. The SMILES string of the molecule is CCN1CCN(c2cc(C)nc(Nc3ccc(C)cc3C)n2)CC1. The van der Waals surface area contributed by atoms with Gasteiger partial charge in [0.25, 0.3) is 0 Å². The number of piperazine rings is 1. The average molecular weight is 325 g/mol. The summed E-state index contributed by atoms with van der Waals surface area (Å²) in [6.07, 6.45) is 0. The van der Waals surface area contributed by atoms with Crippen LogP contribution in [0.5, 0.6) is 0 Å². The fourth-order valence-electron chi connectivity index (χ4n) is 3.14. The summed E-state index contributed by atoms with van der Waals surface area (Å²) in [5.41, 5.74) is 4.52. The predicted octanol–water partition coefficient (Wildman–Crippen LogP) is 3.29. The molecule has 5 heteroatoms. The predicted molar refractivity (Wildman–Crippen MR) is 100 cm³/mol.